The molecule has 5 heteroatoms. The highest BCUT2D eigenvalue weighted by Gasteiger charge is 2.06. The molecule has 4 nitrogen and oxygen atoms in total. The summed E-state index contributed by atoms with van der Waals surface area (Å²) in [6, 6.07) is 7.63. The Morgan fingerprint density at radius 1 is 1.42 bits per heavy atom. The first-order valence-corrected chi connectivity index (χ1v) is 6.55. The van der Waals surface area contributed by atoms with Crippen molar-refractivity contribution in [3.05, 3.63) is 23.8 Å². The predicted molar refractivity (Wildman–Crippen MR) is 78.7 cm³/mol. The summed E-state index contributed by atoms with van der Waals surface area (Å²) < 4.78 is 10.5. The van der Waals surface area contributed by atoms with Crippen LogP contribution in [0.3, 0.4) is 0 Å². The lowest BCUT2D eigenvalue weighted by Gasteiger charge is -2.11. The molecule has 0 radical (unpaired) electrons. The topological polar surface area (TPSA) is 54.3 Å². The second-order valence-corrected chi connectivity index (χ2v) is 4.38. The lowest BCUT2D eigenvalue weighted by Crippen LogP contribution is -2.20. The van der Waals surface area contributed by atoms with Crippen molar-refractivity contribution in [2.45, 2.75) is 19.8 Å². The molecule has 1 aromatic carbocycles. The summed E-state index contributed by atoms with van der Waals surface area (Å²) in [6.07, 6.45) is 1.66. The SMILES string of the molecule is CCNC(=S)CCc1ccc(OCC#N)c(OC)c1. The molecule has 0 fully saturated rings. The van der Waals surface area contributed by atoms with Crippen molar-refractivity contribution in [1.29, 1.82) is 5.26 Å². The summed E-state index contributed by atoms with van der Waals surface area (Å²) in [5.41, 5.74) is 1.13. The Morgan fingerprint density at radius 2 is 2.21 bits per heavy atom. The summed E-state index contributed by atoms with van der Waals surface area (Å²) in [6.45, 7) is 2.89. The maximum Gasteiger partial charge on any atom is 0.174 e. The second kappa shape index (κ2) is 8.33. The first-order chi connectivity index (χ1) is 9.21. The molecule has 0 aromatic heterocycles. The van der Waals surface area contributed by atoms with Gasteiger partial charge in [-0.3, -0.25) is 0 Å². The highest BCUT2D eigenvalue weighted by atomic mass is 32.1. The van der Waals surface area contributed by atoms with E-state index in [-0.39, 0.29) is 6.61 Å². The third-order valence-corrected chi connectivity index (χ3v) is 2.88. The zero-order chi connectivity index (χ0) is 14.1. The van der Waals surface area contributed by atoms with Gasteiger partial charge in [0.15, 0.2) is 18.1 Å². The summed E-state index contributed by atoms with van der Waals surface area (Å²) in [5, 5.41) is 11.6. The Labute approximate surface area is 119 Å². The number of nitrogens with zero attached hydrogens (tertiary/aromatic N) is 1. The Kier molecular flexibility index (Phi) is 6.69. The standard InChI is InChI=1S/C14H18N2O2S/c1-3-16-14(19)7-5-11-4-6-12(18-9-8-15)13(10-11)17-2/h4,6,10H,3,5,7,9H2,1-2H3,(H,16,19). The zero-order valence-corrected chi connectivity index (χ0v) is 12.0. The first kappa shape index (κ1) is 15.3. The van der Waals surface area contributed by atoms with Gasteiger partial charge in [0.2, 0.25) is 0 Å². The van der Waals surface area contributed by atoms with Gasteiger partial charge < -0.3 is 14.8 Å². The molecule has 0 saturated carbocycles. The molecule has 0 atom stereocenters. The van der Waals surface area contributed by atoms with E-state index in [1.807, 2.05) is 31.2 Å². The maximum atomic E-state index is 8.50. The number of aryl methyl sites for hydroxylation is 1. The van der Waals surface area contributed by atoms with Crippen LogP contribution >= 0.6 is 12.2 Å². The van der Waals surface area contributed by atoms with E-state index < -0.39 is 0 Å². The van der Waals surface area contributed by atoms with Crippen LogP contribution < -0.4 is 14.8 Å². The van der Waals surface area contributed by atoms with Crippen LogP contribution in [0.5, 0.6) is 11.5 Å². The number of hydrogen-bond acceptors (Lipinski definition) is 4. The van der Waals surface area contributed by atoms with Crippen LogP contribution in [0.2, 0.25) is 0 Å². The third-order valence-electron chi connectivity index (χ3n) is 2.53. The molecule has 19 heavy (non-hydrogen) atoms. The average Bonchev–Trinajstić information content (AvgIpc) is 2.43. The van der Waals surface area contributed by atoms with Crippen LogP contribution in [0.4, 0.5) is 0 Å². The molecular weight excluding hydrogens is 260 g/mol. The molecule has 1 aromatic rings. The molecule has 0 amide bonds. The number of ether oxygens (including phenoxy) is 2. The molecule has 0 spiro atoms. The lowest BCUT2D eigenvalue weighted by molar-refractivity contribution is 0.329. The van der Waals surface area contributed by atoms with Gasteiger partial charge in [-0.15, -0.1) is 0 Å². The number of nitrogens with one attached hydrogen (secondary N) is 1. The molecule has 102 valence electrons. The number of nitriles is 1. The largest absolute Gasteiger partial charge is 0.493 e. The molecule has 0 aliphatic heterocycles. The van der Waals surface area contributed by atoms with Crippen molar-refractivity contribution in [2.24, 2.45) is 0 Å². The second-order valence-electron chi connectivity index (χ2n) is 3.89. The fraction of sp³-hybridized carbons (Fsp3) is 0.429. The van der Waals surface area contributed by atoms with Gasteiger partial charge in [0.25, 0.3) is 0 Å². The molecule has 0 aliphatic rings. The van der Waals surface area contributed by atoms with Crippen molar-refractivity contribution in [3.8, 4) is 17.6 Å². The van der Waals surface area contributed by atoms with Crippen LogP contribution in [0.25, 0.3) is 0 Å². The number of thiocarbonyl (C=S) groups is 1. The normalized spacial score (nSPS) is 9.53. The van der Waals surface area contributed by atoms with Crippen molar-refractivity contribution in [3.63, 3.8) is 0 Å². The van der Waals surface area contributed by atoms with E-state index in [1.54, 1.807) is 7.11 Å². The van der Waals surface area contributed by atoms with Crippen molar-refractivity contribution in [1.82, 2.24) is 5.32 Å². The minimum absolute atomic E-state index is 0.0141. The molecular formula is C14H18N2O2S. The average molecular weight is 278 g/mol. The fourth-order valence-electron chi connectivity index (χ4n) is 1.64. The maximum absolute atomic E-state index is 8.50. The van der Waals surface area contributed by atoms with E-state index in [9.17, 15) is 0 Å². The molecule has 0 saturated heterocycles. The highest BCUT2D eigenvalue weighted by molar-refractivity contribution is 7.80. The minimum Gasteiger partial charge on any atom is -0.493 e. The van der Waals surface area contributed by atoms with E-state index in [0.29, 0.717) is 11.5 Å². The van der Waals surface area contributed by atoms with Crippen LogP contribution in [-0.2, 0) is 6.42 Å². The van der Waals surface area contributed by atoms with E-state index in [4.69, 9.17) is 27.0 Å². The fourth-order valence-corrected chi connectivity index (χ4v) is 1.89. The van der Waals surface area contributed by atoms with Crippen molar-refractivity contribution in [2.75, 3.05) is 20.3 Å². The predicted octanol–water partition coefficient (Wildman–Crippen LogP) is 2.47. The van der Waals surface area contributed by atoms with Gasteiger partial charge >= 0.3 is 0 Å². The van der Waals surface area contributed by atoms with Crippen molar-refractivity contribution >= 4 is 17.2 Å². The smallest absolute Gasteiger partial charge is 0.174 e. The van der Waals surface area contributed by atoms with Crippen LogP contribution in [-0.4, -0.2) is 25.2 Å². The Hall–Kier alpha value is -1.80. The summed E-state index contributed by atoms with van der Waals surface area (Å²) in [5.74, 6) is 1.23. The Balaban J connectivity index is 2.66. The number of methoxy groups -OCH3 is 1. The van der Waals surface area contributed by atoms with E-state index in [0.717, 1.165) is 29.9 Å². The van der Waals surface area contributed by atoms with Crippen LogP contribution in [0.15, 0.2) is 18.2 Å². The van der Waals surface area contributed by atoms with Crippen LogP contribution in [0.1, 0.15) is 18.9 Å². The quantitative estimate of drug-likeness (QED) is 0.776. The molecule has 0 bridgehead atoms. The monoisotopic (exact) mass is 278 g/mol. The Morgan fingerprint density at radius 3 is 2.84 bits per heavy atom. The van der Waals surface area contributed by atoms with E-state index in [2.05, 4.69) is 5.32 Å². The van der Waals surface area contributed by atoms with Gasteiger partial charge in [-0.25, -0.2) is 0 Å². The third kappa shape index (κ3) is 5.14. The number of benzene rings is 1. The summed E-state index contributed by atoms with van der Waals surface area (Å²) in [7, 11) is 1.58. The molecule has 1 N–H and O–H groups in total. The van der Waals surface area contributed by atoms with Crippen LogP contribution in [0, 0.1) is 11.3 Å². The van der Waals surface area contributed by atoms with Crippen molar-refractivity contribution < 1.29 is 9.47 Å². The minimum atomic E-state index is 0.0141. The molecule has 0 unspecified atom stereocenters. The summed E-state index contributed by atoms with van der Waals surface area (Å²) >= 11 is 5.19. The zero-order valence-electron chi connectivity index (χ0n) is 11.2. The summed E-state index contributed by atoms with van der Waals surface area (Å²) in [4.78, 5) is 0.867. The van der Waals surface area contributed by atoms with Gasteiger partial charge in [0, 0.05) is 13.0 Å². The first-order valence-electron chi connectivity index (χ1n) is 6.14. The number of hydrogen-bond donors (Lipinski definition) is 1. The van der Waals surface area contributed by atoms with Gasteiger partial charge in [-0.1, -0.05) is 18.3 Å². The highest BCUT2D eigenvalue weighted by Crippen LogP contribution is 2.28. The van der Waals surface area contributed by atoms with Gasteiger partial charge in [-0.05, 0) is 31.0 Å². The Bertz CT molecular complexity index is 469. The number of rotatable bonds is 7. The van der Waals surface area contributed by atoms with E-state index >= 15 is 0 Å². The van der Waals surface area contributed by atoms with Gasteiger partial charge in [0.1, 0.15) is 6.07 Å². The molecule has 0 aliphatic carbocycles. The molecule has 0 heterocycles. The molecule has 1 rings (SSSR count). The lowest BCUT2D eigenvalue weighted by atomic mass is 10.1. The van der Waals surface area contributed by atoms with E-state index in [1.165, 1.54) is 0 Å². The van der Waals surface area contributed by atoms with Gasteiger partial charge in [0.05, 0.1) is 12.1 Å². The van der Waals surface area contributed by atoms with Gasteiger partial charge in [-0.2, -0.15) is 5.26 Å².